The highest BCUT2D eigenvalue weighted by Crippen LogP contribution is 2.43. The average molecular weight is 450 g/mol. The van der Waals surface area contributed by atoms with E-state index >= 15 is 0 Å². The molecular formula is C32H19NS. The molecule has 0 fully saturated rings. The van der Waals surface area contributed by atoms with E-state index in [1.807, 2.05) is 11.3 Å². The highest BCUT2D eigenvalue weighted by molar-refractivity contribution is 7.26. The maximum absolute atomic E-state index is 2.46. The molecule has 0 atom stereocenters. The lowest BCUT2D eigenvalue weighted by atomic mass is 10.0. The summed E-state index contributed by atoms with van der Waals surface area (Å²) < 4.78 is 5.18. The van der Waals surface area contributed by atoms with Crippen molar-refractivity contribution in [3.63, 3.8) is 0 Å². The summed E-state index contributed by atoms with van der Waals surface area (Å²) in [6.07, 6.45) is 0. The first-order valence-electron chi connectivity index (χ1n) is 11.6. The van der Waals surface area contributed by atoms with E-state index in [0.29, 0.717) is 0 Å². The van der Waals surface area contributed by atoms with Gasteiger partial charge in [-0.3, -0.25) is 0 Å². The molecule has 2 heterocycles. The Balaban J connectivity index is 1.57. The number of fused-ring (bicyclic) bond motifs is 10. The summed E-state index contributed by atoms with van der Waals surface area (Å²) in [4.78, 5) is 0. The van der Waals surface area contributed by atoms with E-state index in [9.17, 15) is 0 Å². The van der Waals surface area contributed by atoms with Crippen molar-refractivity contribution < 1.29 is 0 Å². The van der Waals surface area contributed by atoms with Crippen LogP contribution in [0.25, 0.3) is 69.2 Å². The van der Waals surface area contributed by atoms with Crippen molar-refractivity contribution in [1.29, 1.82) is 0 Å². The Morgan fingerprint density at radius 2 is 1.12 bits per heavy atom. The fourth-order valence-electron chi connectivity index (χ4n) is 5.63. The van der Waals surface area contributed by atoms with Gasteiger partial charge in [0, 0.05) is 47.4 Å². The zero-order chi connectivity index (χ0) is 22.2. The van der Waals surface area contributed by atoms with Crippen LogP contribution in [0.4, 0.5) is 0 Å². The minimum Gasteiger partial charge on any atom is -0.309 e. The summed E-state index contributed by atoms with van der Waals surface area (Å²) in [5.74, 6) is 0. The minimum atomic E-state index is 1.20. The van der Waals surface area contributed by atoms with Gasteiger partial charge in [-0.15, -0.1) is 11.3 Å². The molecule has 158 valence electrons. The van der Waals surface area contributed by atoms with Gasteiger partial charge >= 0.3 is 0 Å². The van der Waals surface area contributed by atoms with Crippen LogP contribution in [0.2, 0.25) is 0 Å². The van der Waals surface area contributed by atoms with Crippen LogP contribution in [0.5, 0.6) is 0 Å². The third kappa shape index (κ3) is 2.38. The van der Waals surface area contributed by atoms with Crippen LogP contribution < -0.4 is 0 Å². The maximum Gasteiger partial charge on any atom is 0.0619 e. The third-order valence-corrected chi connectivity index (χ3v) is 8.38. The van der Waals surface area contributed by atoms with Gasteiger partial charge in [0.05, 0.1) is 11.0 Å². The maximum atomic E-state index is 2.46. The third-order valence-electron chi connectivity index (χ3n) is 7.16. The molecule has 2 aromatic heterocycles. The standard InChI is InChI=1S/C32H19NS/c1-2-8-21-19-22(14-13-20(21)7-1)33-29-11-5-3-9-23(29)25-15-18-28-26(31(25)33)16-17-27-24-10-4-6-12-30(24)34-32(27)28/h1-19H. The summed E-state index contributed by atoms with van der Waals surface area (Å²) in [6.45, 7) is 0. The molecule has 0 saturated carbocycles. The van der Waals surface area contributed by atoms with Crippen molar-refractivity contribution in [3.8, 4) is 5.69 Å². The van der Waals surface area contributed by atoms with E-state index in [1.54, 1.807) is 0 Å². The number of hydrogen-bond acceptors (Lipinski definition) is 1. The average Bonchev–Trinajstić information content (AvgIpc) is 3.44. The summed E-state index contributed by atoms with van der Waals surface area (Å²) in [6, 6.07) is 42.2. The highest BCUT2D eigenvalue weighted by Gasteiger charge is 2.17. The quantitative estimate of drug-likeness (QED) is 0.235. The summed E-state index contributed by atoms with van der Waals surface area (Å²) in [5.41, 5.74) is 3.74. The molecular weight excluding hydrogens is 430 g/mol. The van der Waals surface area contributed by atoms with Gasteiger partial charge in [0.25, 0.3) is 0 Å². The molecule has 0 spiro atoms. The van der Waals surface area contributed by atoms with Crippen molar-refractivity contribution >= 4 is 74.9 Å². The van der Waals surface area contributed by atoms with Crippen LogP contribution in [0.1, 0.15) is 0 Å². The van der Waals surface area contributed by atoms with Crippen LogP contribution in [-0.4, -0.2) is 4.57 Å². The Labute approximate surface area is 200 Å². The Morgan fingerprint density at radius 1 is 0.471 bits per heavy atom. The van der Waals surface area contributed by atoms with Gasteiger partial charge in [0.1, 0.15) is 0 Å². The highest BCUT2D eigenvalue weighted by atomic mass is 32.1. The molecule has 0 aliphatic carbocycles. The number of hydrogen-bond donors (Lipinski definition) is 0. The Bertz CT molecular complexity index is 2070. The Kier molecular flexibility index (Phi) is 3.60. The molecule has 0 unspecified atom stereocenters. The largest absolute Gasteiger partial charge is 0.309 e. The van der Waals surface area contributed by atoms with Crippen LogP contribution >= 0.6 is 11.3 Å². The molecule has 6 aromatic carbocycles. The second-order valence-corrected chi connectivity index (χ2v) is 10.0. The number of benzene rings is 6. The molecule has 34 heavy (non-hydrogen) atoms. The van der Waals surface area contributed by atoms with E-state index in [0.717, 1.165) is 0 Å². The molecule has 0 aliphatic heterocycles. The van der Waals surface area contributed by atoms with Crippen molar-refractivity contribution in [3.05, 3.63) is 115 Å². The van der Waals surface area contributed by atoms with E-state index in [4.69, 9.17) is 0 Å². The van der Waals surface area contributed by atoms with Gasteiger partial charge in [0.2, 0.25) is 0 Å². The fourth-order valence-corrected chi connectivity index (χ4v) is 6.86. The number of nitrogens with zero attached hydrogens (tertiary/aromatic N) is 1. The van der Waals surface area contributed by atoms with E-state index < -0.39 is 0 Å². The summed E-state index contributed by atoms with van der Waals surface area (Å²) in [5, 5.41) is 10.5. The second-order valence-electron chi connectivity index (χ2n) is 8.98. The van der Waals surface area contributed by atoms with Gasteiger partial charge in [-0.25, -0.2) is 0 Å². The van der Waals surface area contributed by atoms with Gasteiger partial charge in [0.15, 0.2) is 0 Å². The molecule has 0 bridgehead atoms. The molecule has 0 radical (unpaired) electrons. The first kappa shape index (κ1) is 18.3. The van der Waals surface area contributed by atoms with Crippen molar-refractivity contribution in [1.82, 2.24) is 4.57 Å². The number of para-hydroxylation sites is 1. The lowest BCUT2D eigenvalue weighted by molar-refractivity contribution is 1.19. The van der Waals surface area contributed by atoms with Crippen molar-refractivity contribution in [2.75, 3.05) is 0 Å². The first-order valence-corrected chi connectivity index (χ1v) is 12.4. The lowest BCUT2D eigenvalue weighted by Crippen LogP contribution is -1.94. The van der Waals surface area contributed by atoms with E-state index in [-0.39, 0.29) is 0 Å². The first-order chi connectivity index (χ1) is 16.9. The van der Waals surface area contributed by atoms with Crippen molar-refractivity contribution in [2.45, 2.75) is 0 Å². The van der Waals surface area contributed by atoms with Gasteiger partial charge in [-0.2, -0.15) is 0 Å². The second kappa shape index (κ2) is 6.69. The predicted octanol–water partition coefficient (Wildman–Crippen LogP) is 9.46. The number of rotatable bonds is 1. The molecule has 8 aromatic rings. The minimum absolute atomic E-state index is 1.20. The van der Waals surface area contributed by atoms with E-state index in [1.165, 1.54) is 69.2 Å². The smallest absolute Gasteiger partial charge is 0.0619 e. The molecule has 8 rings (SSSR count). The number of aromatic nitrogens is 1. The Hall–Kier alpha value is -4.14. The number of thiophene rings is 1. The predicted molar refractivity (Wildman–Crippen MR) is 149 cm³/mol. The topological polar surface area (TPSA) is 4.93 Å². The zero-order valence-electron chi connectivity index (χ0n) is 18.3. The lowest BCUT2D eigenvalue weighted by Gasteiger charge is -2.11. The molecule has 1 nitrogen and oxygen atoms in total. The summed E-state index contributed by atoms with van der Waals surface area (Å²) >= 11 is 1.90. The molecule has 2 heteroatoms. The van der Waals surface area contributed by atoms with E-state index in [2.05, 4.69) is 120 Å². The van der Waals surface area contributed by atoms with Gasteiger partial charge in [-0.1, -0.05) is 91.0 Å². The summed E-state index contributed by atoms with van der Waals surface area (Å²) in [7, 11) is 0. The van der Waals surface area contributed by atoms with Crippen LogP contribution in [0.15, 0.2) is 115 Å². The Morgan fingerprint density at radius 3 is 2.00 bits per heavy atom. The SMILES string of the molecule is c1ccc2cc(-n3c4ccccc4c4ccc5c(ccc6c7ccccc7sc65)c43)ccc2c1. The van der Waals surface area contributed by atoms with Crippen LogP contribution in [0, 0.1) is 0 Å². The monoisotopic (exact) mass is 449 g/mol. The van der Waals surface area contributed by atoms with Crippen LogP contribution in [0.3, 0.4) is 0 Å². The van der Waals surface area contributed by atoms with Gasteiger partial charge in [-0.05, 0) is 35.0 Å². The van der Waals surface area contributed by atoms with Crippen molar-refractivity contribution in [2.24, 2.45) is 0 Å². The van der Waals surface area contributed by atoms with Gasteiger partial charge < -0.3 is 4.57 Å². The molecule has 0 amide bonds. The van der Waals surface area contributed by atoms with Crippen LogP contribution in [-0.2, 0) is 0 Å². The fraction of sp³-hybridized carbons (Fsp3) is 0. The molecule has 0 aliphatic rings. The molecule has 0 N–H and O–H groups in total. The zero-order valence-corrected chi connectivity index (χ0v) is 19.1. The molecule has 0 saturated heterocycles. The normalized spacial score (nSPS) is 12.1.